The van der Waals surface area contributed by atoms with E-state index in [1.165, 1.54) is 40.5 Å². The molecule has 2 aromatic heterocycles. The molecule has 2 aromatic carbocycles. The van der Waals surface area contributed by atoms with E-state index in [0.29, 0.717) is 17.0 Å². The molecule has 0 saturated carbocycles. The third kappa shape index (κ3) is 4.46. The Kier molecular flexibility index (Phi) is 5.94. The molecular weight excluding hydrogens is 470 g/mol. The second-order valence-corrected chi connectivity index (χ2v) is 9.60. The van der Waals surface area contributed by atoms with Gasteiger partial charge < -0.3 is 10.2 Å². The van der Waals surface area contributed by atoms with Crippen LogP contribution in [0.2, 0.25) is 0 Å². The zero-order valence-electron chi connectivity index (χ0n) is 18.9. The molecule has 0 unspecified atom stereocenters. The van der Waals surface area contributed by atoms with Crippen LogP contribution in [0.1, 0.15) is 28.5 Å². The largest absolute Gasteiger partial charge is 0.350 e. The highest BCUT2D eigenvalue weighted by Crippen LogP contribution is 2.32. The standard InChI is InChI=1S/C26H22F2N4O2S/c1-26(25(34)29-14-17-7-9-19(27)10-8-17)16-32-22(13-21(30-32)23-6-3-11-35-23)24(33)31(26)15-18-4-2-5-20(28)12-18/h2-13H,14-16H2,1H3,(H,29,34)/t26-/m0/s1. The van der Waals surface area contributed by atoms with Crippen LogP contribution >= 0.6 is 11.3 Å². The van der Waals surface area contributed by atoms with Crippen molar-refractivity contribution in [1.82, 2.24) is 20.0 Å². The Morgan fingerprint density at radius 1 is 1.06 bits per heavy atom. The molecule has 178 valence electrons. The van der Waals surface area contributed by atoms with Gasteiger partial charge in [0.2, 0.25) is 5.91 Å². The van der Waals surface area contributed by atoms with Crippen LogP contribution in [-0.4, -0.2) is 32.0 Å². The lowest BCUT2D eigenvalue weighted by atomic mass is 9.94. The van der Waals surface area contributed by atoms with E-state index in [1.807, 2.05) is 17.5 Å². The van der Waals surface area contributed by atoms with Crippen molar-refractivity contribution in [3.8, 4) is 10.6 Å². The highest BCUT2D eigenvalue weighted by molar-refractivity contribution is 7.13. The monoisotopic (exact) mass is 492 g/mol. The Bertz CT molecular complexity index is 1380. The van der Waals surface area contributed by atoms with Crippen molar-refractivity contribution in [3.05, 3.63) is 101 Å². The molecular formula is C26H22F2N4O2S. The van der Waals surface area contributed by atoms with E-state index in [-0.39, 0.29) is 37.3 Å². The SMILES string of the molecule is C[C@@]1(C(=O)NCc2ccc(F)cc2)Cn2nc(-c3cccs3)cc2C(=O)N1Cc1cccc(F)c1. The van der Waals surface area contributed by atoms with Gasteiger partial charge in [0.25, 0.3) is 5.91 Å². The fourth-order valence-electron chi connectivity index (χ4n) is 4.23. The van der Waals surface area contributed by atoms with Crippen LogP contribution in [0.25, 0.3) is 10.6 Å². The van der Waals surface area contributed by atoms with Gasteiger partial charge in [0, 0.05) is 13.1 Å². The highest BCUT2D eigenvalue weighted by atomic mass is 32.1. The molecule has 4 aromatic rings. The van der Waals surface area contributed by atoms with Crippen molar-refractivity contribution in [3.63, 3.8) is 0 Å². The summed E-state index contributed by atoms with van der Waals surface area (Å²) in [5.74, 6) is -1.53. The summed E-state index contributed by atoms with van der Waals surface area (Å²) >= 11 is 1.51. The first-order chi connectivity index (χ1) is 16.8. The Morgan fingerprint density at radius 3 is 2.57 bits per heavy atom. The van der Waals surface area contributed by atoms with Crippen LogP contribution in [0.5, 0.6) is 0 Å². The van der Waals surface area contributed by atoms with E-state index in [1.54, 1.807) is 41.9 Å². The topological polar surface area (TPSA) is 67.2 Å². The molecule has 1 aliphatic rings. The van der Waals surface area contributed by atoms with Gasteiger partial charge in [-0.1, -0.05) is 30.3 Å². The lowest BCUT2D eigenvalue weighted by Crippen LogP contribution is -2.63. The van der Waals surface area contributed by atoms with Crippen LogP contribution in [0.15, 0.2) is 72.1 Å². The molecule has 0 radical (unpaired) electrons. The molecule has 0 aliphatic carbocycles. The van der Waals surface area contributed by atoms with Gasteiger partial charge in [0.15, 0.2) is 0 Å². The van der Waals surface area contributed by atoms with Gasteiger partial charge in [-0.15, -0.1) is 11.3 Å². The minimum Gasteiger partial charge on any atom is -0.350 e. The summed E-state index contributed by atoms with van der Waals surface area (Å²) < 4.78 is 28.7. The number of benzene rings is 2. The predicted octanol–water partition coefficient (Wildman–Crippen LogP) is 4.62. The lowest BCUT2D eigenvalue weighted by Gasteiger charge is -2.43. The summed E-state index contributed by atoms with van der Waals surface area (Å²) in [5.41, 5.74) is 1.03. The second-order valence-electron chi connectivity index (χ2n) is 8.65. The highest BCUT2D eigenvalue weighted by Gasteiger charge is 2.48. The molecule has 5 rings (SSSR count). The number of hydrogen-bond donors (Lipinski definition) is 1. The summed E-state index contributed by atoms with van der Waals surface area (Å²) in [5, 5.41) is 9.41. The minimum atomic E-state index is -1.30. The van der Waals surface area contributed by atoms with Crippen molar-refractivity contribution in [2.75, 3.05) is 0 Å². The van der Waals surface area contributed by atoms with Crippen LogP contribution in [0.4, 0.5) is 8.78 Å². The molecule has 1 aliphatic heterocycles. The first kappa shape index (κ1) is 22.9. The number of aromatic nitrogens is 2. The molecule has 3 heterocycles. The van der Waals surface area contributed by atoms with Gasteiger partial charge in [0.1, 0.15) is 28.6 Å². The van der Waals surface area contributed by atoms with Crippen molar-refractivity contribution in [2.45, 2.75) is 32.1 Å². The maximum absolute atomic E-state index is 13.9. The second kappa shape index (κ2) is 9.07. The summed E-state index contributed by atoms with van der Waals surface area (Å²) in [4.78, 5) is 29.6. The van der Waals surface area contributed by atoms with Crippen LogP contribution in [-0.2, 0) is 24.4 Å². The van der Waals surface area contributed by atoms with Crippen LogP contribution in [0, 0.1) is 11.6 Å². The first-order valence-electron chi connectivity index (χ1n) is 11.0. The number of fused-ring (bicyclic) bond motifs is 1. The number of thiophene rings is 1. The van der Waals surface area contributed by atoms with E-state index in [4.69, 9.17) is 0 Å². The van der Waals surface area contributed by atoms with E-state index in [2.05, 4.69) is 10.4 Å². The van der Waals surface area contributed by atoms with Gasteiger partial charge in [-0.05, 0) is 59.8 Å². The molecule has 0 bridgehead atoms. The van der Waals surface area contributed by atoms with E-state index in [9.17, 15) is 18.4 Å². The van der Waals surface area contributed by atoms with Crippen molar-refractivity contribution in [1.29, 1.82) is 0 Å². The number of nitrogens with one attached hydrogen (secondary N) is 1. The zero-order valence-corrected chi connectivity index (χ0v) is 19.7. The molecule has 1 N–H and O–H groups in total. The number of rotatable bonds is 6. The zero-order chi connectivity index (χ0) is 24.6. The normalized spacial score (nSPS) is 17.3. The van der Waals surface area contributed by atoms with E-state index < -0.39 is 11.4 Å². The third-order valence-corrected chi connectivity index (χ3v) is 7.05. The van der Waals surface area contributed by atoms with Crippen molar-refractivity contribution in [2.24, 2.45) is 0 Å². The molecule has 0 fully saturated rings. The Hall–Kier alpha value is -3.85. The predicted molar refractivity (Wildman–Crippen MR) is 128 cm³/mol. The number of carbonyl (C=O) groups is 2. The first-order valence-corrected chi connectivity index (χ1v) is 11.9. The summed E-state index contributed by atoms with van der Waals surface area (Å²) in [7, 11) is 0. The van der Waals surface area contributed by atoms with Crippen LogP contribution in [0.3, 0.4) is 0 Å². The fraction of sp³-hybridized carbons (Fsp3) is 0.192. The Labute approximate surface area is 204 Å². The van der Waals surface area contributed by atoms with Gasteiger partial charge >= 0.3 is 0 Å². The lowest BCUT2D eigenvalue weighted by molar-refractivity contribution is -0.133. The number of nitrogens with zero attached hydrogens (tertiary/aromatic N) is 3. The maximum atomic E-state index is 13.9. The molecule has 1 atom stereocenters. The summed E-state index contributed by atoms with van der Waals surface area (Å²) in [6.45, 7) is 2.03. The van der Waals surface area contributed by atoms with E-state index in [0.717, 1.165) is 10.4 Å². The fourth-order valence-corrected chi connectivity index (χ4v) is 4.91. The van der Waals surface area contributed by atoms with Crippen molar-refractivity contribution >= 4 is 23.2 Å². The van der Waals surface area contributed by atoms with Gasteiger partial charge in [-0.25, -0.2) is 8.78 Å². The van der Waals surface area contributed by atoms with Crippen molar-refractivity contribution < 1.29 is 18.4 Å². The average molecular weight is 493 g/mol. The van der Waals surface area contributed by atoms with Gasteiger partial charge in [-0.3, -0.25) is 14.3 Å². The molecule has 0 spiro atoms. The van der Waals surface area contributed by atoms with Gasteiger partial charge in [-0.2, -0.15) is 5.10 Å². The van der Waals surface area contributed by atoms with Gasteiger partial charge in [0.05, 0.1) is 11.4 Å². The molecule has 6 nitrogen and oxygen atoms in total. The average Bonchev–Trinajstić information content (AvgIpc) is 3.51. The number of hydrogen-bond acceptors (Lipinski definition) is 4. The number of halogens is 2. The molecule has 9 heteroatoms. The number of amides is 2. The smallest absolute Gasteiger partial charge is 0.273 e. The molecule has 0 saturated heterocycles. The summed E-state index contributed by atoms with van der Waals surface area (Å²) in [6, 6.07) is 17.4. The summed E-state index contributed by atoms with van der Waals surface area (Å²) in [6.07, 6.45) is 0. The quantitative estimate of drug-likeness (QED) is 0.427. The third-order valence-electron chi connectivity index (χ3n) is 6.16. The molecule has 35 heavy (non-hydrogen) atoms. The van der Waals surface area contributed by atoms with E-state index >= 15 is 0 Å². The minimum absolute atomic E-state index is 0.0522. The van der Waals surface area contributed by atoms with Crippen LogP contribution < -0.4 is 5.32 Å². The number of carbonyl (C=O) groups excluding carboxylic acids is 2. The Balaban J connectivity index is 1.48. The maximum Gasteiger partial charge on any atom is 0.273 e. The Morgan fingerprint density at radius 2 is 1.86 bits per heavy atom. The molecule has 2 amide bonds.